The first kappa shape index (κ1) is 21.7. The van der Waals surface area contributed by atoms with Crippen LogP contribution in [0.5, 0.6) is 0 Å². The zero-order chi connectivity index (χ0) is 20.4. The second-order valence-corrected chi connectivity index (χ2v) is 7.54. The van der Waals surface area contributed by atoms with Crippen LogP contribution in [0, 0.1) is 5.92 Å². The van der Waals surface area contributed by atoms with E-state index in [1.54, 1.807) is 4.90 Å². The molecule has 0 aromatic heterocycles. The van der Waals surface area contributed by atoms with Gasteiger partial charge in [0.05, 0.1) is 0 Å². The quantitative estimate of drug-likeness (QED) is 0.672. The van der Waals surface area contributed by atoms with Gasteiger partial charge in [0, 0.05) is 25.9 Å². The van der Waals surface area contributed by atoms with Crippen molar-refractivity contribution in [3.8, 4) is 0 Å². The number of benzene rings is 2. The van der Waals surface area contributed by atoms with Gasteiger partial charge in [0.25, 0.3) is 0 Å². The van der Waals surface area contributed by atoms with Crippen LogP contribution < -0.4 is 5.32 Å². The van der Waals surface area contributed by atoms with Crippen LogP contribution in [-0.2, 0) is 22.6 Å². The number of amides is 2. The fraction of sp³-hybridized carbons (Fsp3) is 0.417. The standard InChI is InChI=1S/C24H32N2O2/c1-4-23(27)26(18-21-13-9-6-10-14-21)22(17-20-11-7-5-8-12-20)24(28)25-16-15-19(2)3/h5-14,19,22H,4,15-18H2,1-3H3,(H,25,28)/t22-/m1/s1. The first-order valence-corrected chi connectivity index (χ1v) is 10.2. The number of carbonyl (C=O) groups is 2. The summed E-state index contributed by atoms with van der Waals surface area (Å²) < 4.78 is 0. The third-order valence-electron chi connectivity index (χ3n) is 4.79. The maximum atomic E-state index is 13.1. The smallest absolute Gasteiger partial charge is 0.243 e. The van der Waals surface area contributed by atoms with Gasteiger partial charge >= 0.3 is 0 Å². The molecule has 0 radical (unpaired) electrons. The van der Waals surface area contributed by atoms with Crippen molar-refractivity contribution in [2.24, 2.45) is 5.92 Å². The molecule has 150 valence electrons. The molecule has 0 unspecified atom stereocenters. The molecule has 4 heteroatoms. The Morgan fingerprint density at radius 2 is 1.50 bits per heavy atom. The molecule has 0 bridgehead atoms. The van der Waals surface area contributed by atoms with Gasteiger partial charge in [-0.05, 0) is 23.5 Å². The maximum Gasteiger partial charge on any atom is 0.243 e. The third-order valence-corrected chi connectivity index (χ3v) is 4.79. The fourth-order valence-corrected chi connectivity index (χ4v) is 3.14. The lowest BCUT2D eigenvalue weighted by Crippen LogP contribution is -2.50. The van der Waals surface area contributed by atoms with Gasteiger partial charge in [-0.1, -0.05) is 81.4 Å². The third kappa shape index (κ3) is 6.84. The highest BCUT2D eigenvalue weighted by Gasteiger charge is 2.29. The van der Waals surface area contributed by atoms with Crippen LogP contribution in [0.1, 0.15) is 44.7 Å². The number of nitrogens with one attached hydrogen (secondary N) is 1. The molecule has 2 aromatic carbocycles. The van der Waals surface area contributed by atoms with Crippen LogP contribution in [0.15, 0.2) is 60.7 Å². The Kier molecular flexibility index (Phi) is 8.73. The van der Waals surface area contributed by atoms with Crippen molar-refractivity contribution in [2.45, 2.75) is 52.6 Å². The fourth-order valence-electron chi connectivity index (χ4n) is 3.14. The van der Waals surface area contributed by atoms with Gasteiger partial charge < -0.3 is 10.2 Å². The molecular formula is C24H32N2O2. The Morgan fingerprint density at radius 3 is 2.04 bits per heavy atom. The topological polar surface area (TPSA) is 49.4 Å². The maximum absolute atomic E-state index is 13.1. The average molecular weight is 381 g/mol. The van der Waals surface area contributed by atoms with Crippen molar-refractivity contribution < 1.29 is 9.59 Å². The zero-order valence-electron chi connectivity index (χ0n) is 17.2. The van der Waals surface area contributed by atoms with E-state index >= 15 is 0 Å². The summed E-state index contributed by atoms with van der Waals surface area (Å²) in [4.78, 5) is 27.6. The zero-order valence-corrected chi connectivity index (χ0v) is 17.2. The molecule has 2 amide bonds. The molecule has 2 rings (SSSR count). The van der Waals surface area contributed by atoms with Gasteiger partial charge in [0.2, 0.25) is 11.8 Å². The highest BCUT2D eigenvalue weighted by atomic mass is 16.2. The SMILES string of the molecule is CCC(=O)N(Cc1ccccc1)[C@H](Cc1ccccc1)C(=O)NCCC(C)C. The van der Waals surface area contributed by atoms with Crippen molar-refractivity contribution in [1.29, 1.82) is 0 Å². The van der Waals surface area contributed by atoms with Gasteiger partial charge in [-0.3, -0.25) is 9.59 Å². The van der Waals surface area contributed by atoms with Crippen LogP contribution in [0.2, 0.25) is 0 Å². The molecule has 2 aromatic rings. The first-order chi connectivity index (χ1) is 13.5. The van der Waals surface area contributed by atoms with Crippen molar-refractivity contribution in [2.75, 3.05) is 6.54 Å². The normalized spacial score (nSPS) is 11.9. The minimum Gasteiger partial charge on any atom is -0.354 e. The monoisotopic (exact) mass is 380 g/mol. The molecule has 0 aliphatic carbocycles. The van der Waals surface area contributed by atoms with Crippen molar-refractivity contribution >= 4 is 11.8 Å². The molecule has 0 saturated heterocycles. The Labute approximate surface area is 169 Å². The molecule has 0 saturated carbocycles. The number of hydrogen-bond acceptors (Lipinski definition) is 2. The summed E-state index contributed by atoms with van der Waals surface area (Å²) in [6, 6.07) is 19.2. The van der Waals surface area contributed by atoms with E-state index in [-0.39, 0.29) is 11.8 Å². The molecule has 1 N–H and O–H groups in total. The van der Waals surface area contributed by atoms with Gasteiger partial charge in [-0.2, -0.15) is 0 Å². The molecule has 4 nitrogen and oxygen atoms in total. The number of carbonyl (C=O) groups excluding carboxylic acids is 2. The predicted octanol–water partition coefficient (Wildman–Crippen LogP) is 4.20. The Balaban J connectivity index is 2.25. The van der Waals surface area contributed by atoms with Crippen LogP contribution in [0.3, 0.4) is 0 Å². The first-order valence-electron chi connectivity index (χ1n) is 10.2. The Hall–Kier alpha value is -2.62. The van der Waals surface area contributed by atoms with E-state index < -0.39 is 6.04 Å². The lowest BCUT2D eigenvalue weighted by Gasteiger charge is -2.31. The predicted molar refractivity (Wildman–Crippen MR) is 114 cm³/mol. The van der Waals surface area contributed by atoms with E-state index in [9.17, 15) is 9.59 Å². The van der Waals surface area contributed by atoms with E-state index in [4.69, 9.17) is 0 Å². The lowest BCUT2D eigenvalue weighted by molar-refractivity contribution is -0.141. The second kappa shape index (κ2) is 11.3. The van der Waals surface area contributed by atoms with Crippen LogP contribution >= 0.6 is 0 Å². The minimum absolute atomic E-state index is 0.0104. The van der Waals surface area contributed by atoms with Crippen molar-refractivity contribution in [3.63, 3.8) is 0 Å². The molecule has 1 atom stereocenters. The molecule has 0 fully saturated rings. The summed E-state index contributed by atoms with van der Waals surface area (Å²) in [7, 11) is 0. The summed E-state index contributed by atoms with van der Waals surface area (Å²) in [5.74, 6) is 0.427. The number of hydrogen-bond donors (Lipinski definition) is 1. The molecule has 0 spiro atoms. The van der Waals surface area contributed by atoms with Crippen LogP contribution in [0.4, 0.5) is 0 Å². The van der Waals surface area contributed by atoms with E-state index in [1.165, 1.54) is 0 Å². The largest absolute Gasteiger partial charge is 0.354 e. The van der Waals surface area contributed by atoms with Crippen LogP contribution in [0.25, 0.3) is 0 Å². The van der Waals surface area contributed by atoms with E-state index in [0.29, 0.717) is 31.8 Å². The molecule has 28 heavy (non-hydrogen) atoms. The van der Waals surface area contributed by atoms with E-state index in [1.807, 2.05) is 67.6 Å². The number of rotatable bonds is 10. The molecule has 0 aliphatic rings. The van der Waals surface area contributed by atoms with Crippen LogP contribution in [-0.4, -0.2) is 29.3 Å². The highest BCUT2D eigenvalue weighted by Crippen LogP contribution is 2.15. The minimum atomic E-state index is -0.526. The van der Waals surface area contributed by atoms with Gasteiger partial charge in [0.1, 0.15) is 6.04 Å². The summed E-state index contributed by atoms with van der Waals surface area (Å²) >= 11 is 0. The van der Waals surface area contributed by atoms with Gasteiger partial charge in [0.15, 0.2) is 0 Å². The van der Waals surface area contributed by atoms with E-state index in [2.05, 4.69) is 19.2 Å². The summed E-state index contributed by atoms with van der Waals surface area (Å²) in [6.07, 6.45) is 1.80. The summed E-state index contributed by atoms with van der Waals surface area (Å²) in [5, 5.41) is 3.05. The second-order valence-electron chi connectivity index (χ2n) is 7.54. The van der Waals surface area contributed by atoms with Gasteiger partial charge in [-0.25, -0.2) is 0 Å². The Morgan fingerprint density at radius 1 is 0.929 bits per heavy atom. The average Bonchev–Trinajstić information content (AvgIpc) is 2.71. The Bertz CT molecular complexity index is 729. The highest BCUT2D eigenvalue weighted by molar-refractivity contribution is 5.87. The van der Waals surface area contributed by atoms with Gasteiger partial charge in [-0.15, -0.1) is 0 Å². The molecular weight excluding hydrogens is 348 g/mol. The number of nitrogens with zero attached hydrogens (tertiary/aromatic N) is 1. The summed E-state index contributed by atoms with van der Waals surface area (Å²) in [5.41, 5.74) is 2.07. The van der Waals surface area contributed by atoms with Crippen molar-refractivity contribution in [3.05, 3.63) is 71.8 Å². The lowest BCUT2D eigenvalue weighted by atomic mass is 10.0. The molecule has 0 heterocycles. The van der Waals surface area contributed by atoms with E-state index in [0.717, 1.165) is 17.5 Å². The summed E-state index contributed by atoms with van der Waals surface area (Å²) in [6.45, 7) is 7.17. The molecule has 0 aliphatic heterocycles. The van der Waals surface area contributed by atoms with Crippen molar-refractivity contribution in [1.82, 2.24) is 10.2 Å².